The lowest BCUT2D eigenvalue weighted by molar-refractivity contribution is -0.310. The van der Waals surface area contributed by atoms with Gasteiger partial charge in [-0.25, -0.2) is 14.4 Å². The van der Waals surface area contributed by atoms with Gasteiger partial charge in [0, 0.05) is 16.7 Å². The van der Waals surface area contributed by atoms with Crippen molar-refractivity contribution in [2.75, 3.05) is 66.1 Å². The fourth-order valence-electron chi connectivity index (χ4n) is 2.66. The summed E-state index contributed by atoms with van der Waals surface area (Å²) >= 11 is 0. The maximum atomic E-state index is 12.8. The molecule has 0 radical (unpaired) electrons. The minimum absolute atomic E-state index is 0.0107. The van der Waals surface area contributed by atoms with Crippen molar-refractivity contribution >= 4 is 17.9 Å². The molecule has 0 aromatic carbocycles. The molecule has 0 spiro atoms. The van der Waals surface area contributed by atoms with Crippen LogP contribution in [0.1, 0.15) is 20.8 Å². The zero-order valence-electron chi connectivity index (χ0n) is 21.2. The zero-order chi connectivity index (χ0) is 27.8. The molecule has 12 nitrogen and oxygen atoms in total. The van der Waals surface area contributed by atoms with E-state index < -0.39 is 55.5 Å². The number of aliphatic hydroxyl groups excluding tert-OH is 3. The highest BCUT2D eigenvalue weighted by molar-refractivity contribution is 5.89. The van der Waals surface area contributed by atoms with Crippen LogP contribution in [0.5, 0.6) is 0 Å². The van der Waals surface area contributed by atoms with Crippen LogP contribution in [0.4, 0.5) is 0 Å². The van der Waals surface area contributed by atoms with Gasteiger partial charge in [0.15, 0.2) is 6.61 Å². The number of aliphatic hydroxyl groups is 3. The van der Waals surface area contributed by atoms with E-state index in [9.17, 15) is 29.7 Å². The van der Waals surface area contributed by atoms with Gasteiger partial charge in [0.1, 0.15) is 5.41 Å². The maximum Gasteiger partial charge on any atom is 0.336 e. The van der Waals surface area contributed by atoms with Crippen LogP contribution in [0.15, 0.2) is 36.5 Å². The third-order valence-electron chi connectivity index (χ3n) is 4.60. The van der Waals surface area contributed by atoms with Crippen molar-refractivity contribution in [3.8, 4) is 0 Å². The molecular formula is C24H38O12. The summed E-state index contributed by atoms with van der Waals surface area (Å²) in [5, 5.41) is 27.7. The first-order valence-electron chi connectivity index (χ1n) is 11.1. The molecule has 0 aliphatic rings. The Morgan fingerprint density at radius 2 is 0.944 bits per heavy atom. The van der Waals surface area contributed by atoms with E-state index in [0.29, 0.717) is 0 Å². The molecule has 0 aliphatic heterocycles. The van der Waals surface area contributed by atoms with Crippen molar-refractivity contribution in [1.82, 2.24) is 0 Å². The van der Waals surface area contributed by atoms with E-state index in [2.05, 4.69) is 19.7 Å². The van der Waals surface area contributed by atoms with Gasteiger partial charge in [0.2, 0.25) is 0 Å². The molecule has 0 bridgehead atoms. The van der Waals surface area contributed by atoms with Gasteiger partial charge in [-0.05, 0) is 20.8 Å². The van der Waals surface area contributed by atoms with Gasteiger partial charge in [-0.15, -0.1) is 0 Å². The Bertz CT molecular complexity index is 719. The molecule has 0 heterocycles. The number of carbonyl (C=O) groups is 3. The standard InChI is InChI=1S/C24H38O12/c1-17(2)20(28)34-16-24(35-21(29)18(3)4,36-22(30)19(5)6)23(13-31-10-7-25,14-32-11-8-26)15-33-12-9-27/h25-27H,1,3,5,7-16H2,2,4,6H3. The first-order chi connectivity index (χ1) is 16.9. The molecule has 0 amide bonds. The van der Waals surface area contributed by atoms with Gasteiger partial charge in [-0.3, -0.25) is 0 Å². The van der Waals surface area contributed by atoms with E-state index in [1.165, 1.54) is 20.8 Å². The second-order valence-corrected chi connectivity index (χ2v) is 8.06. The van der Waals surface area contributed by atoms with Crippen molar-refractivity contribution in [3.05, 3.63) is 36.5 Å². The molecule has 0 atom stereocenters. The lowest BCUT2D eigenvalue weighted by atomic mass is 9.80. The molecule has 0 aromatic heterocycles. The molecule has 0 aliphatic carbocycles. The molecule has 0 unspecified atom stereocenters. The molecule has 36 heavy (non-hydrogen) atoms. The van der Waals surface area contributed by atoms with Gasteiger partial charge in [-0.2, -0.15) is 0 Å². The predicted molar refractivity (Wildman–Crippen MR) is 126 cm³/mol. The van der Waals surface area contributed by atoms with E-state index in [4.69, 9.17) is 28.4 Å². The monoisotopic (exact) mass is 518 g/mol. The maximum absolute atomic E-state index is 12.8. The van der Waals surface area contributed by atoms with Gasteiger partial charge in [-0.1, -0.05) is 19.7 Å². The molecule has 12 heteroatoms. The SMILES string of the molecule is C=C(C)C(=O)OCC(OC(=O)C(=C)C)(OC(=O)C(=C)C)C(COCCO)(COCCO)COCCO. The van der Waals surface area contributed by atoms with Crippen molar-refractivity contribution in [1.29, 1.82) is 0 Å². The van der Waals surface area contributed by atoms with Crippen LogP contribution >= 0.6 is 0 Å². The molecule has 0 aromatic rings. The van der Waals surface area contributed by atoms with E-state index in [0.717, 1.165) is 0 Å². The number of hydrogen-bond donors (Lipinski definition) is 3. The van der Waals surface area contributed by atoms with Crippen LogP contribution in [-0.4, -0.2) is 105 Å². The van der Waals surface area contributed by atoms with Gasteiger partial charge in [0.25, 0.3) is 0 Å². The smallest absolute Gasteiger partial charge is 0.336 e. The summed E-state index contributed by atoms with van der Waals surface area (Å²) in [7, 11) is 0. The molecule has 206 valence electrons. The third-order valence-corrected chi connectivity index (χ3v) is 4.60. The van der Waals surface area contributed by atoms with Crippen LogP contribution < -0.4 is 0 Å². The summed E-state index contributed by atoms with van der Waals surface area (Å²) in [5.41, 5.74) is -1.89. The van der Waals surface area contributed by atoms with Gasteiger partial charge in [0.05, 0.1) is 59.5 Å². The lowest BCUT2D eigenvalue weighted by Gasteiger charge is -2.47. The van der Waals surface area contributed by atoms with E-state index in [-0.39, 0.29) is 56.4 Å². The molecule has 0 fully saturated rings. The topological polar surface area (TPSA) is 167 Å². The Morgan fingerprint density at radius 3 is 1.22 bits per heavy atom. The molecule has 0 rings (SSSR count). The number of hydrogen-bond acceptors (Lipinski definition) is 12. The van der Waals surface area contributed by atoms with Crippen LogP contribution in [0.2, 0.25) is 0 Å². The highest BCUT2D eigenvalue weighted by Gasteiger charge is 2.60. The Labute approximate surface area is 211 Å². The van der Waals surface area contributed by atoms with E-state index >= 15 is 0 Å². The normalized spacial score (nSPS) is 11.5. The van der Waals surface area contributed by atoms with Crippen molar-refractivity contribution in [2.24, 2.45) is 5.41 Å². The van der Waals surface area contributed by atoms with Gasteiger partial charge >= 0.3 is 23.7 Å². The Kier molecular flexibility index (Phi) is 15.7. The minimum atomic E-state index is -2.44. The van der Waals surface area contributed by atoms with Gasteiger partial charge < -0.3 is 43.7 Å². The van der Waals surface area contributed by atoms with Crippen LogP contribution in [0, 0.1) is 5.41 Å². The second-order valence-electron chi connectivity index (χ2n) is 8.06. The van der Waals surface area contributed by atoms with Crippen LogP contribution in [0.25, 0.3) is 0 Å². The minimum Gasteiger partial charge on any atom is -0.454 e. The highest BCUT2D eigenvalue weighted by atomic mass is 16.8. The highest BCUT2D eigenvalue weighted by Crippen LogP contribution is 2.40. The quantitative estimate of drug-likeness (QED) is 0.0859. The predicted octanol–water partition coefficient (Wildman–Crippen LogP) is 0.0537. The van der Waals surface area contributed by atoms with Crippen molar-refractivity contribution in [2.45, 2.75) is 26.6 Å². The summed E-state index contributed by atoms with van der Waals surface area (Å²) in [4.78, 5) is 37.9. The summed E-state index contributed by atoms with van der Waals surface area (Å²) in [6.07, 6.45) is 0. The van der Waals surface area contributed by atoms with Crippen molar-refractivity contribution < 1.29 is 58.1 Å². The number of carbonyl (C=O) groups excluding carboxylic acids is 3. The fourth-order valence-corrected chi connectivity index (χ4v) is 2.66. The van der Waals surface area contributed by atoms with Crippen LogP contribution in [0.3, 0.4) is 0 Å². The second kappa shape index (κ2) is 17.0. The van der Waals surface area contributed by atoms with Crippen molar-refractivity contribution in [3.63, 3.8) is 0 Å². The van der Waals surface area contributed by atoms with E-state index in [1.807, 2.05) is 0 Å². The number of rotatable bonds is 20. The lowest BCUT2D eigenvalue weighted by Crippen LogP contribution is -2.64. The zero-order valence-corrected chi connectivity index (χ0v) is 21.2. The average Bonchev–Trinajstić information content (AvgIpc) is 2.81. The van der Waals surface area contributed by atoms with Crippen LogP contribution in [-0.2, 0) is 42.8 Å². The number of esters is 3. The number of ether oxygens (including phenoxy) is 6. The fraction of sp³-hybridized carbons (Fsp3) is 0.625. The summed E-state index contributed by atoms with van der Waals surface area (Å²) in [6, 6.07) is 0. The largest absolute Gasteiger partial charge is 0.454 e. The average molecular weight is 519 g/mol. The molecular weight excluding hydrogens is 480 g/mol. The Hall–Kier alpha value is -2.61. The Balaban J connectivity index is 7.04. The summed E-state index contributed by atoms with van der Waals surface area (Å²) < 4.78 is 33.2. The van der Waals surface area contributed by atoms with E-state index in [1.54, 1.807) is 0 Å². The first kappa shape index (κ1) is 33.4. The molecule has 0 saturated heterocycles. The summed E-state index contributed by atoms with van der Waals surface area (Å²) in [6.45, 7) is 10.9. The first-order valence-corrected chi connectivity index (χ1v) is 11.1. The molecule has 0 saturated carbocycles. The summed E-state index contributed by atoms with van der Waals surface area (Å²) in [5.74, 6) is -5.34. The third kappa shape index (κ3) is 10.6. The molecule has 3 N–H and O–H groups in total. The Morgan fingerprint density at radius 1 is 0.611 bits per heavy atom.